The van der Waals surface area contributed by atoms with E-state index in [2.05, 4.69) is 11.1 Å². The molecule has 0 unspecified atom stereocenters. The van der Waals surface area contributed by atoms with Gasteiger partial charge in [0.05, 0.1) is 12.6 Å². The zero-order valence-electron chi connectivity index (χ0n) is 14.8. The highest BCUT2D eigenvalue weighted by Crippen LogP contribution is 2.31. The fraction of sp³-hybridized carbons (Fsp3) is 0.227. The summed E-state index contributed by atoms with van der Waals surface area (Å²) in [6, 6.07) is 17.8. The first-order valence-corrected chi connectivity index (χ1v) is 8.91. The molecular weight excluding hydrogens is 324 g/mol. The second-order valence-corrected chi connectivity index (χ2v) is 6.84. The molecule has 0 saturated carbocycles. The van der Waals surface area contributed by atoms with Crippen LogP contribution in [-0.2, 0) is 17.8 Å². The number of benzene rings is 2. The van der Waals surface area contributed by atoms with Gasteiger partial charge >= 0.3 is 0 Å². The largest absolute Gasteiger partial charge is 0.394 e. The highest BCUT2D eigenvalue weighted by Gasteiger charge is 2.28. The van der Waals surface area contributed by atoms with Crippen LogP contribution in [0.3, 0.4) is 0 Å². The lowest BCUT2D eigenvalue weighted by Gasteiger charge is -2.32. The average Bonchev–Trinajstić information content (AvgIpc) is 3.03. The Hall–Kier alpha value is -2.85. The first-order chi connectivity index (χ1) is 12.7. The van der Waals surface area contributed by atoms with Gasteiger partial charge in [0, 0.05) is 29.2 Å². The van der Waals surface area contributed by atoms with E-state index in [1.165, 1.54) is 5.56 Å². The van der Waals surface area contributed by atoms with E-state index in [0.29, 0.717) is 13.0 Å². The van der Waals surface area contributed by atoms with Crippen LogP contribution in [0.2, 0.25) is 0 Å². The number of nitrogens with one attached hydrogen (secondary N) is 1. The van der Waals surface area contributed by atoms with Crippen LogP contribution in [0.5, 0.6) is 0 Å². The second-order valence-electron chi connectivity index (χ2n) is 6.84. The smallest absolute Gasteiger partial charge is 0.247 e. The van der Waals surface area contributed by atoms with E-state index in [1.807, 2.05) is 55.5 Å². The number of carbonyl (C=O) groups excluding carboxylic acids is 1. The van der Waals surface area contributed by atoms with Crippen molar-refractivity contribution in [3.05, 3.63) is 77.5 Å². The molecule has 0 bridgehead atoms. The molecule has 0 spiro atoms. The predicted octanol–water partition coefficient (Wildman–Crippen LogP) is 3.52. The van der Waals surface area contributed by atoms with E-state index in [0.717, 1.165) is 27.7 Å². The maximum atomic E-state index is 12.9. The van der Waals surface area contributed by atoms with Crippen molar-refractivity contribution in [1.82, 2.24) is 9.88 Å². The summed E-state index contributed by atoms with van der Waals surface area (Å²) in [5.41, 5.74) is 5.21. The van der Waals surface area contributed by atoms with Gasteiger partial charge in [0.15, 0.2) is 0 Å². The van der Waals surface area contributed by atoms with Gasteiger partial charge in [0.25, 0.3) is 0 Å². The lowest BCUT2D eigenvalue weighted by Crippen LogP contribution is -2.43. The molecule has 4 nitrogen and oxygen atoms in total. The van der Waals surface area contributed by atoms with Crippen LogP contribution in [0, 0.1) is 0 Å². The first kappa shape index (κ1) is 16.6. The third-order valence-corrected chi connectivity index (χ3v) is 5.12. The van der Waals surface area contributed by atoms with E-state index >= 15 is 0 Å². The fourth-order valence-corrected chi connectivity index (χ4v) is 3.76. The van der Waals surface area contributed by atoms with Crippen molar-refractivity contribution in [3.8, 4) is 0 Å². The van der Waals surface area contributed by atoms with E-state index < -0.39 is 0 Å². The van der Waals surface area contributed by atoms with Crippen LogP contribution in [0.4, 0.5) is 0 Å². The number of carbonyl (C=O) groups is 1. The topological polar surface area (TPSA) is 56.3 Å². The summed E-state index contributed by atoms with van der Waals surface area (Å²) in [5.74, 6) is -0.0605. The molecule has 4 rings (SSSR count). The number of nitrogens with zero attached hydrogens (tertiary/aromatic N) is 1. The molecule has 1 aliphatic heterocycles. The van der Waals surface area contributed by atoms with Crippen LogP contribution < -0.4 is 0 Å². The molecule has 0 aliphatic carbocycles. The Morgan fingerprint density at radius 2 is 1.85 bits per heavy atom. The number of amides is 1. The number of hydrogen-bond donors (Lipinski definition) is 2. The van der Waals surface area contributed by atoms with Crippen LogP contribution in [-0.4, -0.2) is 33.5 Å². The minimum absolute atomic E-state index is 0.0605. The molecule has 1 amide bonds. The Labute approximate surface area is 152 Å². The molecular formula is C22H22N2O2. The van der Waals surface area contributed by atoms with Crippen molar-refractivity contribution < 1.29 is 9.90 Å². The molecule has 2 heterocycles. The van der Waals surface area contributed by atoms with E-state index in [4.69, 9.17) is 0 Å². The number of allylic oxidation sites excluding steroid dienone is 1. The first-order valence-electron chi connectivity index (χ1n) is 8.91. The maximum Gasteiger partial charge on any atom is 0.247 e. The fourth-order valence-electron chi connectivity index (χ4n) is 3.76. The highest BCUT2D eigenvalue weighted by molar-refractivity contribution is 5.98. The van der Waals surface area contributed by atoms with Crippen LogP contribution in [0.25, 0.3) is 16.5 Å². The van der Waals surface area contributed by atoms with Gasteiger partial charge in [-0.3, -0.25) is 4.79 Å². The number of aliphatic hydroxyl groups excluding tert-OH is 1. The molecule has 2 N–H and O–H groups in total. The second kappa shape index (κ2) is 6.81. The Kier molecular flexibility index (Phi) is 4.35. The van der Waals surface area contributed by atoms with Crippen LogP contribution >= 0.6 is 0 Å². The summed E-state index contributed by atoms with van der Waals surface area (Å²) < 4.78 is 0. The molecule has 2 aromatic carbocycles. The molecule has 0 saturated heterocycles. The maximum absolute atomic E-state index is 12.9. The quantitative estimate of drug-likeness (QED) is 0.762. The summed E-state index contributed by atoms with van der Waals surface area (Å²) in [5, 5.41) is 11.2. The average molecular weight is 346 g/mol. The zero-order valence-corrected chi connectivity index (χ0v) is 14.8. The number of fused-ring (bicyclic) bond motifs is 3. The Morgan fingerprint density at radius 1 is 1.12 bits per heavy atom. The number of aromatic amines is 1. The number of rotatable bonds is 3. The minimum Gasteiger partial charge on any atom is -0.394 e. The van der Waals surface area contributed by atoms with Crippen molar-refractivity contribution in [1.29, 1.82) is 0 Å². The zero-order chi connectivity index (χ0) is 18.1. The molecule has 26 heavy (non-hydrogen) atoms. The number of para-hydroxylation sites is 1. The number of aliphatic hydroxyl groups is 1. The third kappa shape index (κ3) is 2.93. The normalized spacial score (nSPS) is 19.6. The van der Waals surface area contributed by atoms with Crippen molar-refractivity contribution >= 4 is 22.4 Å². The molecule has 1 atom stereocenters. The molecule has 1 aromatic heterocycles. The summed E-state index contributed by atoms with van der Waals surface area (Å²) >= 11 is 0. The Balaban J connectivity index is 1.79. The lowest BCUT2D eigenvalue weighted by atomic mass is 9.96. The van der Waals surface area contributed by atoms with Crippen LogP contribution in [0.15, 0.2) is 60.7 Å². The van der Waals surface area contributed by atoms with Gasteiger partial charge in [-0.15, -0.1) is 0 Å². The van der Waals surface area contributed by atoms with Gasteiger partial charge < -0.3 is 15.0 Å². The molecule has 132 valence electrons. The summed E-state index contributed by atoms with van der Waals surface area (Å²) in [4.78, 5) is 18.1. The van der Waals surface area contributed by atoms with Crippen molar-refractivity contribution in [2.75, 3.05) is 6.61 Å². The van der Waals surface area contributed by atoms with Crippen LogP contribution in [0.1, 0.15) is 23.7 Å². The van der Waals surface area contributed by atoms with Gasteiger partial charge in [-0.2, -0.15) is 0 Å². The molecule has 1 aliphatic rings. The number of H-pyrrole nitrogens is 1. The number of hydrogen-bond acceptors (Lipinski definition) is 2. The van der Waals surface area contributed by atoms with Crippen molar-refractivity contribution in [3.63, 3.8) is 0 Å². The number of aromatic nitrogens is 1. The van der Waals surface area contributed by atoms with Gasteiger partial charge in [-0.1, -0.05) is 48.5 Å². The lowest BCUT2D eigenvalue weighted by molar-refractivity contribution is -0.129. The summed E-state index contributed by atoms with van der Waals surface area (Å²) in [6.45, 7) is 2.39. The SMILES string of the molecule is C/C1=C/C(=O)N(Cc2ccccc2)[C@H](CO)Cc2c1[nH]c1ccccc21. The van der Waals surface area contributed by atoms with Crippen molar-refractivity contribution in [2.24, 2.45) is 0 Å². The molecule has 0 fully saturated rings. The van der Waals surface area contributed by atoms with E-state index in [9.17, 15) is 9.90 Å². The molecule has 3 aromatic rings. The Morgan fingerprint density at radius 3 is 2.62 bits per heavy atom. The van der Waals surface area contributed by atoms with Crippen molar-refractivity contribution in [2.45, 2.75) is 25.9 Å². The van der Waals surface area contributed by atoms with Gasteiger partial charge in [-0.05, 0) is 36.1 Å². The van der Waals surface area contributed by atoms with E-state index in [1.54, 1.807) is 11.0 Å². The minimum atomic E-state index is -0.259. The predicted molar refractivity (Wildman–Crippen MR) is 104 cm³/mol. The molecule has 0 radical (unpaired) electrons. The standard InChI is InChI=1S/C22H22N2O2/c1-15-11-21(26)24(13-16-7-3-2-4-8-16)17(14-25)12-19-18-9-5-6-10-20(18)23-22(15)19/h2-11,17,23,25H,12-14H2,1H3/b15-11-/t17-/m0/s1. The van der Waals surface area contributed by atoms with Gasteiger partial charge in [0.2, 0.25) is 5.91 Å². The van der Waals surface area contributed by atoms with Gasteiger partial charge in [-0.25, -0.2) is 0 Å². The summed E-state index contributed by atoms with van der Waals surface area (Å²) in [7, 11) is 0. The highest BCUT2D eigenvalue weighted by atomic mass is 16.3. The van der Waals surface area contributed by atoms with Gasteiger partial charge in [0.1, 0.15) is 0 Å². The van der Waals surface area contributed by atoms with E-state index in [-0.39, 0.29) is 18.6 Å². The third-order valence-electron chi connectivity index (χ3n) is 5.12. The molecule has 4 heteroatoms. The summed E-state index contributed by atoms with van der Waals surface area (Å²) in [6.07, 6.45) is 2.30. The monoisotopic (exact) mass is 346 g/mol. The Bertz CT molecular complexity index is 972.